The van der Waals surface area contributed by atoms with Gasteiger partial charge < -0.3 is 4.74 Å². The van der Waals surface area contributed by atoms with Crippen LogP contribution in [0.2, 0.25) is 0 Å². The molecule has 0 saturated heterocycles. The summed E-state index contributed by atoms with van der Waals surface area (Å²) in [5.41, 5.74) is -0.413. The van der Waals surface area contributed by atoms with Crippen molar-refractivity contribution in [3.63, 3.8) is 0 Å². The van der Waals surface area contributed by atoms with Gasteiger partial charge in [-0.1, -0.05) is 0 Å². The van der Waals surface area contributed by atoms with Gasteiger partial charge in [0.2, 0.25) is 0 Å². The molecular formula is C8H6BrF2NO2. The number of methoxy groups -OCH3 is 1. The molecule has 0 aliphatic rings. The normalized spacial score (nSPS) is 10.4. The smallest absolute Gasteiger partial charge is 0.356 e. The predicted molar refractivity (Wildman–Crippen MR) is 48.2 cm³/mol. The van der Waals surface area contributed by atoms with E-state index in [4.69, 9.17) is 0 Å². The van der Waals surface area contributed by atoms with Gasteiger partial charge in [-0.3, -0.25) is 0 Å². The van der Waals surface area contributed by atoms with Crippen LogP contribution in [-0.4, -0.2) is 18.1 Å². The molecule has 0 fully saturated rings. The summed E-state index contributed by atoms with van der Waals surface area (Å²) in [6.45, 7) is 0. The molecule has 76 valence electrons. The molecule has 0 aliphatic carbocycles. The van der Waals surface area contributed by atoms with Gasteiger partial charge in [-0.15, -0.1) is 0 Å². The lowest BCUT2D eigenvalue weighted by Crippen LogP contribution is -2.05. The van der Waals surface area contributed by atoms with E-state index in [1.807, 2.05) is 0 Å². The number of hydrogen-bond acceptors (Lipinski definition) is 3. The van der Waals surface area contributed by atoms with Crippen molar-refractivity contribution in [3.05, 3.63) is 28.0 Å². The second-order valence-electron chi connectivity index (χ2n) is 2.40. The first-order chi connectivity index (χ1) is 6.54. The van der Waals surface area contributed by atoms with Gasteiger partial charge in [0.1, 0.15) is 10.3 Å². The molecule has 1 aromatic heterocycles. The SMILES string of the molecule is COC(=O)c1cc(C(F)F)cc(Br)n1. The molecule has 0 aromatic carbocycles. The zero-order chi connectivity index (χ0) is 10.7. The fourth-order valence-corrected chi connectivity index (χ4v) is 1.31. The molecule has 0 atom stereocenters. The summed E-state index contributed by atoms with van der Waals surface area (Å²) in [4.78, 5) is 14.7. The van der Waals surface area contributed by atoms with Gasteiger partial charge in [-0.05, 0) is 28.1 Å². The minimum atomic E-state index is -2.64. The van der Waals surface area contributed by atoms with Crippen molar-refractivity contribution >= 4 is 21.9 Å². The van der Waals surface area contributed by atoms with Crippen molar-refractivity contribution in [1.29, 1.82) is 0 Å². The van der Waals surface area contributed by atoms with Crippen LogP contribution in [0.1, 0.15) is 22.5 Å². The number of rotatable bonds is 2. The maximum absolute atomic E-state index is 12.3. The second-order valence-corrected chi connectivity index (χ2v) is 3.21. The van der Waals surface area contributed by atoms with Crippen LogP contribution in [0.3, 0.4) is 0 Å². The molecule has 0 spiro atoms. The lowest BCUT2D eigenvalue weighted by atomic mass is 10.2. The number of alkyl halides is 2. The van der Waals surface area contributed by atoms with Crippen molar-refractivity contribution < 1.29 is 18.3 Å². The Morgan fingerprint density at radius 3 is 2.71 bits per heavy atom. The number of hydrogen-bond donors (Lipinski definition) is 0. The van der Waals surface area contributed by atoms with Crippen molar-refractivity contribution in [2.45, 2.75) is 6.43 Å². The van der Waals surface area contributed by atoms with Crippen LogP contribution >= 0.6 is 15.9 Å². The molecule has 3 nitrogen and oxygen atoms in total. The van der Waals surface area contributed by atoms with Crippen molar-refractivity contribution in [1.82, 2.24) is 4.98 Å². The van der Waals surface area contributed by atoms with Crippen LogP contribution in [0.5, 0.6) is 0 Å². The Labute approximate surface area is 87.2 Å². The van der Waals surface area contributed by atoms with Gasteiger partial charge in [0, 0.05) is 5.56 Å². The standard InChI is InChI=1S/C8H6BrF2NO2/c1-14-8(13)5-2-4(7(10)11)3-6(9)12-5/h2-3,7H,1H3. The fourth-order valence-electron chi connectivity index (χ4n) is 0.852. The number of esters is 1. The van der Waals surface area contributed by atoms with E-state index in [2.05, 4.69) is 25.7 Å². The van der Waals surface area contributed by atoms with E-state index in [-0.39, 0.29) is 15.9 Å². The Bertz CT molecular complexity index is 357. The van der Waals surface area contributed by atoms with Gasteiger partial charge in [0.25, 0.3) is 6.43 Å². The van der Waals surface area contributed by atoms with Crippen LogP contribution in [0.25, 0.3) is 0 Å². The topological polar surface area (TPSA) is 39.2 Å². The van der Waals surface area contributed by atoms with Gasteiger partial charge in [-0.2, -0.15) is 0 Å². The zero-order valence-corrected chi connectivity index (χ0v) is 8.72. The molecule has 0 amide bonds. The molecular weight excluding hydrogens is 260 g/mol. The third-order valence-electron chi connectivity index (χ3n) is 1.46. The summed E-state index contributed by atoms with van der Waals surface area (Å²) in [5.74, 6) is -0.742. The molecule has 1 aromatic rings. The van der Waals surface area contributed by atoms with E-state index in [1.54, 1.807) is 0 Å². The minimum absolute atomic E-state index is 0.142. The molecule has 0 unspecified atom stereocenters. The summed E-state index contributed by atoms with van der Waals surface area (Å²) in [7, 11) is 1.16. The Balaban J connectivity index is 3.13. The highest BCUT2D eigenvalue weighted by Crippen LogP contribution is 2.22. The van der Waals surface area contributed by atoms with E-state index in [9.17, 15) is 13.6 Å². The number of pyridine rings is 1. The lowest BCUT2D eigenvalue weighted by Gasteiger charge is -2.03. The zero-order valence-electron chi connectivity index (χ0n) is 7.13. The molecule has 6 heteroatoms. The third-order valence-corrected chi connectivity index (χ3v) is 1.87. The van der Waals surface area contributed by atoms with Crippen LogP contribution in [-0.2, 0) is 4.74 Å². The summed E-state index contributed by atoms with van der Waals surface area (Å²) in [5, 5.41) is 0. The number of carbonyl (C=O) groups excluding carboxylic acids is 1. The second kappa shape index (κ2) is 4.45. The van der Waals surface area contributed by atoms with Gasteiger partial charge in [0.15, 0.2) is 0 Å². The number of aromatic nitrogens is 1. The summed E-state index contributed by atoms with van der Waals surface area (Å²) in [6.07, 6.45) is -2.64. The molecule has 0 bridgehead atoms. The maximum atomic E-state index is 12.3. The summed E-state index contributed by atoms with van der Waals surface area (Å²) in [6, 6.07) is 2.15. The van der Waals surface area contributed by atoms with Crippen molar-refractivity contribution in [2.24, 2.45) is 0 Å². The highest BCUT2D eigenvalue weighted by atomic mass is 79.9. The molecule has 1 heterocycles. The Kier molecular flexibility index (Phi) is 3.51. The number of nitrogens with zero attached hydrogens (tertiary/aromatic N) is 1. The first-order valence-corrected chi connectivity index (χ1v) is 4.38. The first kappa shape index (κ1) is 11.0. The maximum Gasteiger partial charge on any atom is 0.356 e. The average molecular weight is 266 g/mol. The lowest BCUT2D eigenvalue weighted by molar-refractivity contribution is 0.0593. The molecule has 0 radical (unpaired) electrons. The number of ether oxygens (including phenoxy) is 1. The Morgan fingerprint density at radius 2 is 2.21 bits per heavy atom. The predicted octanol–water partition coefficient (Wildman–Crippen LogP) is 2.57. The Morgan fingerprint density at radius 1 is 1.57 bits per heavy atom. The van der Waals surface area contributed by atoms with Crippen molar-refractivity contribution in [2.75, 3.05) is 7.11 Å². The van der Waals surface area contributed by atoms with Crippen LogP contribution < -0.4 is 0 Å². The largest absolute Gasteiger partial charge is 0.464 e. The summed E-state index contributed by atoms with van der Waals surface area (Å²) >= 11 is 2.93. The molecule has 1 rings (SSSR count). The Hall–Kier alpha value is -1.04. The van der Waals surface area contributed by atoms with Gasteiger partial charge >= 0.3 is 5.97 Å². The third kappa shape index (κ3) is 2.47. The van der Waals surface area contributed by atoms with E-state index < -0.39 is 12.4 Å². The first-order valence-electron chi connectivity index (χ1n) is 3.58. The van der Waals surface area contributed by atoms with E-state index in [0.717, 1.165) is 19.2 Å². The van der Waals surface area contributed by atoms with E-state index in [1.165, 1.54) is 0 Å². The van der Waals surface area contributed by atoms with Gasteiger partial charge in [0.05, 0.1) is 7.11 Å². The molecule has 0 aliphatic heterocycles. The minimum Gasteiger partial charge on any atom is -0.464 e. The highest BCUT2D eigenvalue weighted by Gasteiger charge is 2.14. The van der Waals surface area contributed by atoms with Crippen LogP contribution in [0.4, 0.5) is 8.78 Å². The van der Waals surface area contributed by atoms with Crippen LogP contribution in [0, 0.1) is 0 Å². The van der Waals surface area contributed by atoms with Crippen LogP contribution in [0.15, 0.2) is 16.7 Å². The van der Waals surface area contributed by atoms with Crippen molar-refractivity contribution in [3.8, 4) is 0 Å². The fraction of sp³-hybridized carbons (Fsp3) is 0.250. The van der Waals surface area contributed by atoms with E-state index in [0.29, 0.717) is 0 Å². The molecule has 0 N–H and O–H groups in total. The van der Waals surface area contributed by atoms with Gasteiger partial charge in [-0.25, -0.2) is 18.6 Å². The monoisotopic (exact) mass is 265 g/mol. The average Bonchev–Trinajstić information content (AvgIpc) is 2.15. The highest BCUT2D eigenvalue weighted by molar-refractivity contribution is 9.10. The quantitative estimate of drug-likeness (QED) is 0.610. The summed E-state index contributed by atoms with van der Waals surface area (Å²) < 4.78 is 29.1. The molecule has 0 saturated carbocycles. The number of halogens is 3. The van der Waals surface area contributed by atoms with E-state index >= 15 is 0 Å². The molecule has 14 heavy (non-hydrogen) atoms. The number of carbonyl (C=O) groups is 1.